The zero-order chi connectivity index (χ0) is 7.56. The Kier molecular flexibility index (Phi) is 2.06. The number of aromatic nitrogens is 1. The maximum atomic E-state index is 10.5. The lowest BCUT2D eigenvalue weighted by atomic mass is 10.3. The van der Waals surface area contributed by atoms with Gasteiger partial charge in [-0.3, -0.25) is 4.79 Å². The lowest BCUT2D eigenvalue weighted by molar-refractivity contribution is 0.107. The van der Waals surface area contributed by atoms with Crippen molar-refractivity contribution in [1.82, 2.24) is 4.98 Å². The van der Waals surface area contributed by atoms with Crippen LogP contribution in [-0.2, 0) is 6.42 Å². The van der Waals surface area contributed by atoms with Crippen molar-refractivity contribution in [3.8, 4) is 0 Å². The molecule has 1 aromatic rings. The Hall–Kier alpha value is -0.830. The van der Waals surface area contributed by atoms with Crippen molar-refractivity contribution >= 4 is 16.8 Å². The fraction of sp³-hybridized carbons (Fsp3) is 0.333. The Bertz CT molecular complexity index is 244. The van der Waals surface area contributed by atoms with Gasteiger partial charge in [-0.05, 0) is 11.6 Å². The maximum absolute atomic E-state index is 10.5. The zero-order valence-electron chi connectivity index (χ0n) is 5.43. The lowest BCUT2D eigenvalue weighted by Crippen LogP contribution is -1.93. The second-order valence-corrected chi connectivity index (χ2v) is 2.09. The van der Waals surface area contributed by atoms with Gasteiger partial charge in [0.05, 0.1) is 0 Å². The molecule has 0 fully saturated rings. The summed E-state index contributed by atoms with van der Waals surface area (Å²) in [6.07, 6.45) is 1.85. The maximum Gasteiger partial charge on any atom is 0.274 e. The molecule has 10 heavy (non-hydrogen) atoms. The number of oxazole rings is 1. The molecule has 0 radical (unpaired) electrons. The molecule has 4 heteroatoms. The molecule has 0 amide bonds. The van der Waals surface area contributed by atoms with Crippen molar-refractivity contribution in [3.63, 3.8) is 0 Å². The summed E-state index contributed by atoms with van der Waals surface area (Å²) in [6.45, 7) is 1.86. The van der Waals surface area contributed by atoms with Crippen LogP contribution >= 0.6 is 11.6 Å². The molecule has 54 valence electrons. The smallest absolute Gasteiger partial charge is 0.274 e. The first kappa shape index (κ1) is 7.28. The van der Waals surface area contributed by atoms with Crippen LogP contribution in [0.25, 0.3) is 0 Å². The average molecular weight is 160 g/mol. The van der Waals surface area contributed by atoms with E-state index in [0.717, 1.165) is 0 Å². The summed E-state index contributed by atoms with van der Waals surface area (Å²) in [5.41, 5.74) is 0.226. The highest BCUT2D eigenvalue weighted by Crippen LogP contribution is 2.09. The van der Waals surface area contributed by atoms with Crippen LogP contribution in [0, 0.1) is 0 Å². The van der Waals surface area contributed by atoms with Crippen LogP contribution in [0.2, 0.25) is 0 Å². The summed E-state index contributed by atoms with van der Waals surface area (Å²) in [5.74, 6) is 0.542. The normalized spacial score (nSPS) is 9.80. The Morgan fingerprint density at radius 2 is 2.60 bits per heavy atom. The standard InChI is InChI=1S/C6H6ClNO2/c1-2-4-5(6(7)9)8-3-10-4/h3H,2H2,1H3. The molecule has 0 aliphatic carbocycles. The highest BCUT2D eigenvalue weighted by molar-refractivity contribution is 6.67. The quantitative estimate of drug-likeness (QED) is 0.616. The van der Waals surface area contributed by atoms with Crippen molar-refractivity contribution < 1.29 is 9.21 Å². The van der Waals surface area contributed by atoms with Gasteiger partial charge in [0.2, 0.25) is 0 Å². The first-order chi connectivity index (χ1) is 4.75. The molecule has 0 aliphatic heterocycles. The third kappa shape index (κ3) is 1.19. The van der Waals surface area contributed by atoms with Gasteiger partial charge in [0.1, 0.15) is 5.76 Å². The molecule has 0 N–H and O–H groups in total. The number of nitrogens with zero attached hydrogens (tertiary/aromatic N) is 1. The SMILES string of the molecule is CCc1ocnc1C(=O)Cl. The van der Waals surface area contributed by atoms with Crippen LogP contribution in [0.15, 0.2) is 10.8 Å². The van der Waals surface area contributed by atoms with E-state index in [1.165, 1.54) is 6.39 Å². The molecule has 0 bridgehead atoms. The molecule has 0 aromatic carbocycles. The molecule has 0 atom stereocenters. The van der Waals surface area contributed by atoms with E-state index >= 15 is 0 Å². The molecular weight excluding hydrogens is 154 g/mol. The molecular formula is C6H6ClNO2. The number of hydrogen-bond donors (Lipinski definition) is 0. The summed E-state index contributed by atoms with van der Waals surface area (Å²) in [6, 6.07) is 0. The van der Waals surface area contributed by atoms with Crippen LogP contribution in [0.3, 0.4) is 0 Å². The van der Waals surface area contributed by atoms with E-state index < -0.39 is 5.24 Å². The molecule has 0 saturated heterocycles. The molecule has 0 aliphatic rings. The van der Waals surface area contributed by atoms with E-state index in [1.807, 2.05) is 6.92 Å². The predicted molar refractivity (Wildman–Crippen MR) is 36.1 cm³/mol. The predicted octanol–water partition coefficient (Wildman–Crippen LogP) is 1.62. The van der Waals surface area contributed by atoms with Gasteiger partial charge in [0.25, 0.3) is 5.24 Å². The minimum absolute atomic E-state index is 0.226. The monoisotopic (exact) mass is 159 g/mol. The second-order valence-electron chi connectivity index (χ2n) is 1.75. The molecule has 0 spiro atoms. The van der Waals surface area contributed by atoms with Crippen LogP contribution in [-0.4, -0.2) is 10.2 Å². The highest BCUT2D eigenvalue weighted by Gasteiger charge is 2.11. The number of halogens is 1. The number of aryl methyl sites for hydroxylation is 1. The zero-order valence-corrected chi connectivity index (χ0v) is 6.18. The van der Waals surface area contributed by atoms with E-state index in [1.54, 1.807) is 0 Å². The van der Waals surface area contributed by atoms with Gasteiger partial charge in [0.15, 0.2) is 12.1 Å². The van der Waals surface area contributed by atoms with Crippen molar-refractivity contribution in [2.75, 3.05) is 0 Å². The summed E-state index contributed by atoms with van der Waals surface area (Å²) in [7, 11) is 0. The van der Waals surface area contributed by atoms with Gasteiger partial charge in [-0.2, -0.15) is 0 Å². The molecule has 3 nitrogen and oxygen atoms in total. The third-order valence-electron chi connectivity index (χ3n) is 1.15. The van der Waals surface area contributed by atoms with Crippen molar-refractivity contribution in [2.24, 2.45) is 0 Å². The fourth-order valence-electron chi connectivity index (χ4n) is 0.682. The molecule has 1 heterocycles. The molecule has 0 unspecified atom stereocenters. The van der Waals surface area contributed by atoms with Crippen molar-refractivity contribution in [2.45, 2.75) is 13.3 Å². The fourth-order valence-corrected chi connectivity index (χ4v) is 0.836. The average Bonchev–Trinajstić information content (AvgIpc) is 2.33. The van der Waals surface area contributed by atoms with E-state index in [4.69, 9.17) is 16.0 Å². The lowest BCUT2D eigenvalue weighted by Gasteiger charge is -1.87. The van der Waals surface area contributed by atoms with E-state index in [-0.39, 0.29) is 5.69 Å². The van der Waals surface area contributed by atoms with E-state index in [9.17, 15) is 4.79 Å². The highest BCUT2D eigenvalue weighted by atomic mass is 35.5. The first-order valence-corrected chi connectivity index (χ1v) is 3.25. The summed E-state index contributed by atoms with van der Waals surface area (Å²) in [5, 5.41) is -0.564. The number of carbonyl (C=O) groups excluding carboxylic acids is 1. The summed E-state index contributed by atoms with van der Waals surface area (Å²) < 4.78 is 4.86. The Morgan fingerprint density at radius 3 is 3.00 bits per heavy atom. The van der Waals surface area contributed by atoms with Gasteiger partial charge in [-0.25, -0.2) is 4.98 Å². The molecule has 0 saturated carbocycles. The van der Waals surface area contributed by atoms with Gasteiger partial charge in [0, 0.05) is 6.42 Å². The van der Waals surface area contributed by atoms with Crippen molar-refractivity contribution in [3.05, 3.63) is 17.8 Å². The van der Waals surface area contributed by atoms with Gasteiger partial charge in [-0.15, -0.1) is 0 Å². The van der Waals surface area contributed by atoms with Crippen LogP contribution in [0.5, 0.6) is 0 Å². The Morgan fingerprint density at radius 1 is 1.90 bits per heavy atom. The summed E-state index contributed by atoms with van der Waals surface area (Å²) >= 11 is 5.17. The largest absolute Gasteiger partial charge is 0.448 e. The molecule has 1 aromatic heterocycles. The van der Waals surface area contributed by atoms with E-state index in [2.05, 4.69) is 4.98 Å². The van der Waals surface area contributed by atoms with Crippen molar-refractivity contribution in [1.29, 1.82) is 0 Å². The van der Waals surface area contributed by atoms with Crippen LogP contribution in [0.4, 0.5) is 0 Å². The number of hydrogen-bond acceptors (Lipinski definition) is 3. The van der Waals surface area contributed by atoms with E-state index in [0.29, 0.717) is 12.2 Å². The number of rotatable bonds is 2. The van der Waals surface area contributed by atoms with Crippen LogP contribution in [0.1, 0.15) is 23.2 Å². The van der Waals surface area contributed by atoms with Gasteiger partial charge in [-0.1, -0.05) is 6.92 Å². The second kappa shape index (κ2) is 2.84. The third-order valence-corrected chi connectivity index (χ3v) is 1.33. The minimum Gasteiger partial charge on any atom is -0.448 e. The molecule has 1 rings (SSSR count). The number of carbonyl (C=O) groups is 1. The Balaban J connectivity index is 3.01. The van der Waals surface area contributed by atoms with Gasteiger partial charge < -0.3 is 4.42 Å². The van der Waals surface area contributed by atoms with Gasteiger partial charge >= 0.3 is 0 Å². The first-order valence-electron chi connectivity index (χ1n) is 2.88. The Labute approximate surface area is 63.0 Å². The topological polar surface area (TPSA) is 43.1 Å². The minimum atomic E-state index is -0.564. The summed E-state index contributed by atoms with van der Waals surface area (Å²) in [4.78, 5) is 14.2. The van der Waals surface area contributed by atoms with Crippen LogP contribution < -0.4 is 0 Å².